The van der Waals surface area contributed by atoms with E-state index in [9.17, 15) is 33.6 Å². The molecule has 0 saturated heterocycles. The van der Waals surface area contributed by atoms with E-state index in [1.807, 2.05) is 83.1 Å². The molecule has 4 heterocycles. The van der Waals surface area contributed by atoms with Crippen LogP contribution >= 0.6 is 0 Å². The van der Waals surface area contributed by atoms with E-state index < -0.39 is 0 Å². The summed E-state index contributed by atoms with van der Waals surface area (Å²) in [6.07, 6.45) is 18.7. The Hall–Kier alpha value is -12.6. The summed E-state index contributed by atoms with van der Waals surface area (Å²) >= 11 is 0. The first-order valence-electron chi connectivity index (χ1n) is 33.3. The van der Waals surface area contributed by atoms with Gasteiger partial charge in [0.25, 0.3) is 0 Å². The molecule has 16 nitrogen and oxygen atoms in total. The number of esters is 3. The van der Waals surface area contributed by atoms with Gasteiger partial charge in [0.05, 0.1) is 73.3 Å². The minimum Gasteiger partial charge on any atom is -0.469 e. The first-order chi connectivity index (χ1) is 50.8. The Bertz CT molecular complexity index is 4730. The Balaban J connectivity index is 0.000000210. The molecule has 3 aliphatic carbocycles. The van der Waals surface area contributed by atoms with Gasteiger partial charge in [-0.3, -0.25) is 33.6 Å². The molecular formula is C89H88O16. The molecule has 0 bridgehead atoms. The van der Waals surface area contributed by atoms with Crippen molar-refractivity contribution in [2.45, 2.75) is 48.5 Å². The number of rotatable bonds is 0. The Morgan fingerprint density at radius 3 is 0.648 bits per heavy atom. The summed E-state index contributed by atoms with van der Waals surface area (Å²) in [6, 6.07) is 73.0. The molecule has 4 aromatic heterocycles. The third-order valence-electron chi connectivity index (χ3n) is 14.9. The summed E-state index contributed by atoms with van der Waals surface area (Å²) in [5.74, 6) is -0.660. The molecule has 105 heavy (non-hydrogen) atoms. The molecule has 0 aliphatic heterocycles. The highest BCUT2D eigenvalue weighted by atomic mass is 16.5. The zero-order chi connectivity index (χ0) is 76.7. The lowest BCUT2D eigenvalue weighted by Gasteiger charge is -2.13. The molecule has 17 rings (SSSR count). The quantitative estimate of drug-likeness (QED) is 0.110. The van der Waals surface area contributed by atoms with E-state index in [1.54, 1.807) is 62.8 Å². The number of methoxy groups -OCH3 is 4. The third kappa shape index (κ3) is 25.1. The van der Waals surface area contributed by atoms with Crippen LogP contribution in [0.2, 0.25) is 0 Å². The Kier molecular flexibility index (Phi) is 34.7. The zero-order valence-electron chi connectivity index (χ0n) is 61.3. The molecule has 3 aliphatic rings. The van der Waals surface area contributed by atoms with Crippen LogP contribution in [-0.2, 0) is 33.3 Å². The molecule has 10 aromatic carbocycles. The van der Waals surface area contributed by atoms with Crippen LogP contribution in [0.15, 0.2) is 292 Å². The average Bonchev–Trinajstić information content (AvgIpc) is 1.67. The second-order valence-corrected chi connectivity index (χ2v) is 23.0. The number of ether oxygens (including phenoxy) is 4. The number of hydrogen-bond donors (Lipinski definition) is 1. The van der Waals surface area contributed by atoms with Crippen LogP contribution in [-0.4, -0.2) is 65.7 Å². The van der Waals surface area contributed by atoms with Crippen molar-refractivity contribution in [3.8, 4) is 0 Å². The SMILES string of the molecule is C1=Cc2cccc3cccc1c23.C1=Cc2cccc3cccc1c23.C1=Cc2cccc3cccc1c23.CC.CO.COC.COC(=O)C(C)(C)C.COC(C)=O.COC(C)=O.O=c1ccoc2ccccc12.O=c1ccoc2ccccc12.O=c1ccoc2ccccc12.O=c1ccoc2ccccc12. The Labute approximate surface area is 610 Å². The van der Waals surface area contributed by atoms with Crippen molar-refractivity contribution < 1.29 is 56.1 Å². The van der Waals surface area contributed by atoms with Gasteiger partial charge in [-0.05, 0) is 135 Å². The molecule has 540 valence electrons. The van der Waals surface area contributed by atoms with Crippen LogP contribution in [0.3, 0.4) is 0 Å². The molecule has 0 unspecified atom stereocenters. The Morgan fingerprint density at radius 1 is 0.305 bits per heavy atom. The van der Waals surface area contributed by atoms with Gasteiger partial charge in [-0.25, -0.2) is 0 Å². The summed E-state index contributed by atoms with van der Waals surface area (Å²) in [5.41, 5.74) is 10.3. The number of para-hydroxylation sites is 4. The van der Waals surface area contributed by atoms with Crippen LogP contribution in [0.25, 0.3) is 113 Å². The first-order valence-corrected chi connectivity index (χ1v) is 33.3. The highest BCUT2D eigenvalue weighted by molar-refractivity contribution is 6.06. The minimum atomic E-state index is -0.352. The average molecular weight is 1410 g/mol. The van der Waals surface area contributed by atoms with Crippen LogP contribution < -0.4 is 21.7 Å². The molecule has 0 radical (unpaired) electrons. The van der Waals surface area contributed by atoms with E-state index in [-0.39, 0.29) is 45.0 Å². The highest BCUT2D eigenvalue weighted by Crippen LogP contribution is 2.33. The normalized spacial score (nSPS) is 10.4. The summed E-state index contributed by atoms with van der Waals surface area (Å²) in [6.45, 7) is 12.2. The molecule has 14 aromatic rings. The van der Waals surface area contributed by atoms with Gasteiger partial charge in [0, 0.05) is 59.4 Å². The van der Waals surface area contributed by atoms with Crippen molar-refractivity contribution in [1.29, 1.82) is 0 Å². The van der Waals surface area contributed by atoms with Gasteiger partial charge in [-0.15, -0.1) is 0 Å². The largest absolute Gasteiger partial charge is 0.469 e. The number of carbonyl (C=O) groups excluding carboxylic acids is 3. The predicted molar refractivity (Wildman–Crippen MR) is 428 cm³/mol. The smallest absolute Gasteiger partial charge is 0.310 e. The molecule has 1 N–H and O–H groups in total. The minimum absolute atomic E-state index is 0.00634. The van der Waals surface area contributed by atoms with Crippen LogP contribution in [0.1, 0.15) is 81.8 Å². The van der Waals surface area contributed by atoms with Crippen LogP contribution in [0.4, 0.5) is 0 Å². The number of benzene rings is 10. The van der Waals surface area contributed by atoms with Crippen LogP contribution in [0.5, 0.6) is 0 Å². The van der Waals surface area contributed by atoms with E-state index >= 15 is 0 Å². The molecular weight excluding hydrogens is 1320 g/mol. The van der Waals surface area contributed by atoms with Crippen molar-refractivity contribution >= 4 is 131 Å². The molecule has 16 heteroatoms. The van der Waals surface area contributed by atoms with E-state index in [0.29, 0.717) is 43.9 Å². The number of fused-ring (bicyclic) bond motifs is 4. The van der Waals surface area contributed by atoms with Crippen LogP contribution in [0, 0.1) is 5.41 Å². The summed E-state index contributed by atoms with van der Waals surface area (Å²) in [5, 5.41) is 17.8. The maximum Gasteiger partial charge on any atom is 0.310 e. The summed E-state index contributed by atoms with van der Waals surface area (Å²) < 4.78 is 37.3. The summed E-state index contributed by atoms with van der Waals surface area (Å²) in [7, 11) is 8.35. The number of aliphatic hydroxyl groups is 1. The monoisotopic (exact) mass is 1410 g/mol. The topological polar surface area (TPSA) is 229 Å². The van der Waals surface area contributed by atoms with Gasteiger partial charge in [0.2, 0.25) is 0 Å². The Morgan fingerprint density at radius 2 is 0.495 bits per heavy atom. The molecule has 0 saturated carbocycles. The van der Waals surface area contributed by atoms with Gasteiger partial charge in [-0.2, -0.15) is 0 Å². The van der Waals surface area contributed by atoms with Gasteiger partial charge in [0.15, 0.2) is 21.7 Å². The fourth-order valence-corrected chi connectivity index (χ4v) is 10.0. The number of carbonyl (C=O) groups is 3. The zero-order valence-corrected chi connectivity index (χ0v) is 61.3. The van der Waals surface area contributed by atoms with E-state index in [2.05, 4.69) is 165 Å². The summed E-state index contributed by atoms with van der Waals surface area (Å²) in [4.78, 5) is 74.3. The lowest BCUT2D eigenvalue weighted by molar-refractivity contribution is -0.149. The highest BCUT2D eigenvalue weighted by Gasteiger charge is 2.21. The maximum atomic E-state index is 11.1. The van der Waals surface area contributed by atoms with E-state index in [0.717, 1.165) is 7.11 Å². The van der Waals surface area contributed by atoms with Gasteiger partial charge in [0.1, 0.15) is 22.3 Å². The van der Waals surface area contributed by atoms with Crippen molar-refractivity contribution in [2.75, 3.05) is 42.7 Å². The van der Waals surface area contributed by atoms with Crippen molar-refractivity contribution in [1.82, 2.24) is 0 Å². The van der Waals surface area contributed by atoms with Gasteiger partial charge in [-0.1, -0.05) is 208 Å². The fraction of sp³-hybridized carbons (Fsp3) is 0.157. The molecule has 0 fully saturated rings. The standard InChI is InChI=1S/3C12H8.4C9H6O2.C6H12O2.2C3H6O2.C2H6O.C2H6.CH4O/c3*1-3-9-4-2-6-11-8-7-10(5-1)12(9)11;4*10-8-5-6-11-9-4-2-1-3-7(8)9;1-6(2,3)5(7)8-4;2*1-3(4)5-2;1-3-2;2*1-2/h3*1-8H;4*1-6H;1-4H3;2*1-2H3;1-2H3;1-2H3;2H,1H3. The number of hydrogen-bond acceptors (Lipinski definition) is 16. The lowest BCUT2D eigenvalue weighted by atomic mass is 9.98. The van der Waals surface area contributed by atoms with Gasteiger partial charge < -0.3 is 41.7 Å². The molecule has 0 spiro atoms. The van der Waals surface area contributed by atoms with Crippen molar-refractivity contribution in [2.24, 2.45) is 5.41 Å². The third-order valence-corrected chi connectivity index (χ3v) is 14.9. The second kappa shape index (κ2) is 43.9. The molecule has 0 amide bonds. The van der Waals surface area contributed by atoms with Gasteiger partial charge >= 0.3 is 17.9 Å². The number of aliphatic hydroxyl groups excluding tert-OH is 1. The second-order valence-electron chi connectivity index (χ2n) is 23.0. The fourth-order valence-electron chi connectivity index (χ4n) is 10.0. The predicted octanol–water partition coefficient (Wildman–Crippen LogP) is 19.6. The van der Waals surface area contributed by atoms with E-state index in [4.69, 9.17) is 22.8 Å². The molecule has 0 atom stereocenters. The maximum absolute atomic E-state index is 11.1. The van der Waals surface area contributed by atoms with Crippen molar-refractivity contribution in [3.05, 3.63) is 330 Å². The lowest BCUT2D eigenvalue weighted by Crippen LogP contribution is -2.21. The van der Waals surface area contributed by atoms with E-state index in [1.165, 1.54) is 150 Å². The first kappa shape index (κ1) is 83.0. The van der Waals surface area contributed by atoms with Crippen molar-refractivity contribution in [3.63, 3.8) is 0 Å².